The largest absolute Gasteiger partial charge is 0.477 e. The van der Waals surface area contributed by atoms with Crippen molar-refractivity contribution in [2.45, 2.75) is 26.8 Å². The Morgan fingerprint density at radius 1 is 1.25 bits per heavy atom. The van der Waals surface area contributed by atoms with Gasteiger partial charge >= 0.3 is 5.97 Å². The minimum atomic E-state index is -0.942. The zero-order chi connectivity index (χ0) is 14.7. The number of carboxylic acids is 1. The van der Waals surface area contributed by atoms with E-state index in [1.807, 2.05) is 6.20 Å². The lowest BCUT2D eigenvalue weighted by molar-refractivity contribution is 0.0685. The minimum absolute atomic E-state index is 0.268. The molecule has 20 heavy (non-hydrogen) atoms. The van der Waals surface area contributed by atoms with Gasteiger partial charge in [0, 0.05) is 12.7 Å². The fraction of sp³-hybridized carbons (Fsp3) is 0.312. The molecule has 0 saturated carbocycles. The van der Waals surface area contributed by atoms with E-state index in [1.54, 1.807) is 22.8 Å². The van der Waals surface area contributed by atoms with Crippen LogP contribution in [-0.2, 0) is 13.0 Å². The van der Waals surface area contributed by atoms with Gasteiger partial charge in [0.15, 0.2) is 0 Å². The molecule has 0 saturated heterocycles. The molecular weight excluding hydrogens is 257 g/mol. The van der Waals surface area contributed by atoms with Crippen molar-refractivity contribution in [3.63, 3.8) is 0 Å². The fourth-order valence-corrected chi connectivity index (χ4v) is 2.25. The number of halogens is 1. The average molecular weight is 275 g/mol. The van der Waals surface area contributed by atoms with Crippen LogP contribution in [0.2, 0.25) is 0 Å². The van der Waals surface area contributed by atoms with Gasteiger partial charge < -0.3 is 9.67 Å². The molecule has 0 radical (unpaired) electrons. The summed E-state index contributed by atoms with van der Waals surface area (Å²) in [5, 5.41) is 9.25. The van der Waals surface area contributed by atoms with Crippen LogP contribution in [0.5, 0.6) is 0 Å². The molecule has 1 N–H and O–H groups in total. The van der Waals surface area contributed by atoms with Crippen molar-refractivity contribution in [2.24, 2.45) is 5.92 Å². The molecule has 1 heterocycles. The number of aromatic nitrogens is 1. The number of rotatable bonds is 5. The predicted octanol–water partition coefficient (Wildman–Crippen LogP) is 3.57. The van der Waals surface area contributed by atoms with E-state index < -0.39 is 5.97 Å². The molecule has 0 unspecified atom stereocenters. The molecule has 0 spiro atoms. The molecule has 2 aromatic rings. The first-order valence-electron chi connectivity index (χ1n) is 6.62. The summed E-state index contributed by atoms with van der Waals surface area (Å²) in [7, 11) is 0. The molecule has 4 heteroatoms. The standard InChI is InChI=1S/C16H18FNO2/c1-11(2)7-13-8-15(16(19)20)18(10-13)9-12-3-5-14(17)6-4-12/h3-6,8,10-11H,7,9H2,1-2H3,(H,19,20). The topological polar surface area (TPSA) is 42.2 Å². The van der Waals surface area contributed by atoms with E-state index in [9.17, 15) is 14.3 Å². The Kier molecular flexibility index (Phi) is 4.23. The minimum Gasteiger partial charge on any atom is -0.477 e. The Balaban J connectivity index is 2.27. The van der Waals surface area contributed by atoms with Crippen molar-refractivity contribution < 1.29 is 14.3 Å². The Morgan fingerprint density at radius 2 is 1.90 bits per heavy atom. The van der Waals surface area contributed by atoms with E-state index in [1.165, 1.54) is 12.1 Å². The Labute approximate surface area is 117 Å². The number of hydrogen-bond acceptors (Lipinski definition) is 1. The second-order valence-electron chi connectivity index (χ2n) is 5.39. The number of carboxylic acid groups (broad SMARTS) is 1. The van der Waals surface area contributed by atoms with Gasteiger partial charge in [-0.3, -0.25) is 0 Å². The van der Waals surface area contributed by atoms with Crippen molar-refractivity contribution in [3.8, 4) is 0 Å². The average Bonchev–Trinajstić information content (AvgIpc) is 2.74. The van der Waals surface area contributed by atoms with E-state index >= 15 is 0 Å². The normalized spacial score (nSPS) is 11.0. The lowest BCUT2D eigenvalue weighted by Crippen LogP contribution is -2.08. The highest BCUT2D eigenvalue weighted by Gasteiger charge is 2.13. The molecule has 106 valence electrons. The van der Waals surface area contributed by atoms with E-state index in [0.29, 0.717) is 12.5 Å². The summed E-state index contributed by atoms with van der Waals surface area (Å²) < 4.78 is 14.6. The van der Waals surface area contributed by atoms with Crippen LogP contribution < -0.4 is 0 Å². The third-order valence-electron chi connectivity index (χ3n) is 3.08. The zero-order valence-corrected chi connectivity index (χ0v) is 11.6. The van der Waals surface area contributed by atoms with Crippen LogP contribution in [0.3, 0.4) is 0 Å². The van der Waals surface area contributed by atoms with Crippen LogP contribution in [0.25, 0.3) is 0 Å². The first-order valence-corrected chi connectivity index (χ1v) is 6.62. The summed E-state index contributed by atoms with van der Waals surface area (Å²) >= 11 is 0. The van der Waals surface area contributed by atoms with Gasteiger partial charge in [0.05, 0.1) is 0 Å². The first kappa shape index (κ1) is 14.3. The lowest BCUT2D eigenvalue weighted by atomic mass is 10.1. The van der Waals surface area contributed by atoms with Gasteiger partial charge in [0.1, 0.15) is 11.5 Å². The van der Waals surface area contributed by atoms with Crippen molar-refractivity contribution in [1.29, 1.82) is 0 Å². The van der Waals surface area contributed by atoms with Crippen LogP contribution in [0, 0.1) is 11.7 Å². The molecular formula is C16H18FNO2. The van der Waals surface area contributed by atoms with Gasteiger partial charge in [-0.1, -0.05) is 26.0 Å². The number of aromatic carboxylic acids is 1. The summed E-state index contributed by atoms with van der Waals surface area (Å²) in [5.41, 5.74) is 2.16. The molecule has 0 fully saturated rings. The smallest absolute Gasteiger partial charge is 0.352 e. The van der Waals surface area contributed by atoms with Crippen LogP contribution in [0.1, 0.15) is 35.5 Å². The SMILES string of the molecule is CC(C)Cc1cc(C(=O)O)n(Cc2ccc(F)cc2)c1. The Bertz CT molecular complexity index is 599. The predicted molar refractivity (Wildman–Crippen MR) is 75.4 cm³/mol. The summed E-state index contributed by atoms with van der Waals surface area (Å²) in [4.78, 5) is 11.3. The van der Waals surface area contributed by atoms with E-state index in [2.05, 4.69) is 13.8 Å². The molecule has 0 bridgehead atoms. The molecule has 1 aromatic carbocycles. The zero-order valence-electron chi connectivity index (χ0n) is 11.6. The summed E-state index contributed by atoms with van der Waals surface area (Å²) in [6, 6.07) is 7.82. The second kappa shape index (κ2) is 5.90. The molecule has 3 nitrogen and oxygen atoms in total. The maximum atomic E-state index is 12.9. The number of hydrogen-bond donors (Lipinski definition) is 1. The monoisotopic (exact) mass is 275 g/mol. The van der Waals surface area contributed by atoms with Gasteiger partial charge in [-0.25, -0.2) is 9.18 Å². The van der Waals surface area contributed by atoms with Crippen molar-refractivity contribution in [3.05, 3.63) is 59.2 Å². The maximum absolute atomic E-state index is 12.9. The number of benzene rings is 1. The molecule has 1 aromatic heterocycles. The quantitative estimate of drug-likeness (QED) is 0.906. The van der Waals surface area contributed by atoms with Gasteiger partial charge in [0.25, 0.3) is 0 Å². The second-order valence-corrected chi connectivity index (χ2v) is 5.39. The van der Waals surface area contributed by atoms with E-state index in [0.717, 1.165) is 17.5 Å². The van der Waals surface area contributed by atoms with E-state index in [-0.39, 0.29) is 11.5 Å². The molecule has 0 amide bonds. The van der Waals surface area contributed by atoms with Gasteiger partial charge in [-0.15, -0.1) is 0 Å². The van der Waals surface area contributed by atoms with Crippen LogP contribution in [0.4, 0.5) is 4.39 Å². The maximum Gasteiger partial charge on any atom is 0.352 e. The van der Waals surface area contributed by atoms with Crippen LogP contribution >= 0.6 is 0 Å². The molecule has 0 aliphatic heterocycles. The van der Waals surface area contributed by atoms with Crippen molar-refractivity contribution in [1.82, 2.24) is 4.57 Å². The van der Waals surface area contributed by atoms with Crippen LogP contribution in [0.15, 0.2) is 36.5 Å². The third-order valence-corrected chi connectivity index (χ3v) is 3.08. The van der Waals surface area contributed by atoms with Crippen LogP contribution in [-0.4, -0.2) is 15.6 Å². The molecule has 0 atom stereocenters. The highest BCUT2D eigenvalue weighted by molar-refractivity contribution is 5.86. The molecule has 2 rings (SSSR count). The van der Waals surface area contributed by atoms with E-state index in [4.69, 9.17) is 0 Å². The Morgan fingerprint density at radius 3 is 2.45 bits per heavy atom. The Hall–Kier alpha value is -2.10. The summed E-state index contributed by atoms with van der Waals surface area (Å²) in [5.74, 6) is -0.763. The van der Waals surface area contributed by atoms with Gasteiger partial charge in [-0.05, 0) is 41.7 Å². The van der Waals surface area contributed by atoms with Gasteiger partial charge in [0.2, 0.25) is 0 Å². The number of nitrogens with zero attached hydrogens (tertiary/aromatic N) is 1. The van der Waals surface area contributed by atoms with Gasteiger partial charge in [-0.2, -0.15) is 0 Å². The molecule has 0 aliphatic rings. The summed E-state index contributed by atoms with van der Waals surface area (Å²) in [6.07, 6.45) is 2.71. The highest BCUT2D eigenvalue weighted by Crippen LogP contribution is 2.16. The van der Waals surface area contributed by atoms with Crippen molar-refractivity contribution in [2.75, 3.05) is 0 Å². The third kappa shape index (κ3) is 3.47. The first-order chi connectivity index (χ1) is 9.45. The van der Waals surface area contributed by atoms with Crippen molar-refractivity contribution >= 4 is 5.97 Å². The molecule has 0 aliphatic carbocycles. The number of carbonyl (C=O) groups is 1. The highest BCUT2D eigenvalue weighted by atomic mass is 19.1. The fourth-order valence-electron chi connectivity index (χ4n) is 2.25. The lowest BCUT2D eigenvalue weighted by Gasteiger charge is -2.06. The summed E-state index contributed by atoms with van der Waals surface area (Å²) in [6.45, 7) is 4.62.